The molecule has 2 saturated carbocycles. The van der Waals surface area contributed by atoms with Crippen molar-refractivity contribution in [1.29, 1.82) is 0 Å². The van der Waals surface area contributed by atoms with E-state index in [1.54, 1.807) is 0 Å². The summed E-state index contributed by atoms with van der Waals surface area (Å²) in [5.74, 6) is 1.99. The summed E-state index contributed by atoms with van der Waals surface area (Å²) in [7, 11) is 0. The van der Waals surface area contributed by atoms with Crippen molar-refractivity contribution in [3.05, 3.63) is 0 Å². The zero-order valence-corrected chi connectivity index (χ0v) is 9.60. The molecule has 82 valence electrons. The van der Waals surface area contributed by atoms with Crippen LogP contribution in [0.4, 0.5) is 0 Å². The van der Waals surface area contributed by atoms with E-state index in [0.717, 1.165) is 17.9 Å². The standard InChI is InChI=1S/C13H25N/c1-11(12-8-9-12)10-14-13-6-4-2-3-5-7-13/h11-14H,2-10H2,1H3. The topological polar surface area (TPSA) is 12.0 Å². The van der Waals surface area contributed by atoms with Crippen LogP contribution in [0.15, 0.2) is 0 Å². The van der Waals surface area contributed by atoms with Crippen LogP contribution >= 0.6 is 0 Å². The SMILES string of the molecule is CC(CNC1CCCCCC1)C1CC1. The van der Waals surface area contributed by atoms with E-state index >= 15 is 0 Å². The van der Waals surface area contributed by atoms with Gasteiger partial charge in [0.1, 0.15) is 0 Å². The van der Waals surface area contributed by atoms with E-state index < -0.39 is 0 Å². The molecule has 0 aromatic heterocycles. The first-order chi connectivity index (χ1) is 6.86. The number of nitrogens with one attached hydrogen (secondary N) is 1. The third-order valence-corrected chi connectivity index (χ3v) is 4.01. The molecule has 1 unspecified atom stereocenters. The lowest BCUT2D eigenvalue weighted by Gasteiger charge is -2.19. The highest BCUT2D eigenvalue weighted by atomic mass is 14.9. The third kappa shape index (κ3) is 3.27. The summed E-state index contributed by atoms with van der Waals surface area (Å²) in [5, 5.41) is 3.78. The largest absolute Gasteiger partial charge is 0.314 e. The van der Waals surface area contributed by atoms with E-state index in [1.165, 1.54) is 57.9 Å². The Hall–Kier alpha value is -0.0400. The van der Waals surface area contributed by atoms with Gasteiger partial charge >= 0.3 is 0 Å². The van der Waals surface area contributed by atoms with Crippen molar-refractivity contribution in [3.63, 3.8) is 0 Å². The Kier molecular flexibility index (Phi) is 3.86. The van der Waals surface area contributed by atoms with Gasteiger partial charge in [0.15, 0.2) is 0 Å². The van der Waals surface area contributed by atoms with Gasteiger partial charge in [0, 0.05) is 6.04 Å². The maximum atomic E-state index is 3.78. The second-order valence-corrected chi connectivity index (χ2v) is 5.41. The van der Waals surface area contributed by atoms with Crippen LogP contribution in [0.3, 0.4) is 0 Å². The molecule has 0 spiro atoms. The maximum absolute atomic E-state index is 3.78. The van der Waals surface area contributed by atoms with Gasteiger partial charge in [0.2, 0.25) is 0 Å². The molecular formula is C13H25N. The number of hydrogen-bond donors (Lipinski definition) is 1. The summed E-state index contributed by atoms with van der Waals surface area (Å²) in [6, 6.07) is 0.846. The Morgan fingerprint density at radius 2 is 1.64 bits per heavy atom. The predicted molar refractivity (Wildman–Crippen MR) is 61.4 cm³/mol. The van der Waals surface area contributed by atoms with Gasteiger partial charge in [0.25, 0.3) is 0 Å². The summed E-state index contributed by atoms with van der Waals surface area (Å²) in [6.45, 7) is 3.69. The Bertz CT molecular complexity index is 155. The van der Waals surface area contributed by atoms with E-state index in [-0.39, 0.29) is 0 Å². The average Bonchev–Trinajstić information content (AvgIpc) is 3.01. The zero-order valence-electron chi connectivity index (χ0n) is 9.60. The van der Waals surface area contributed by atoms with Crippen LogP contribution in [-0.4, -0.2) is 12.6 Å². The predicted octanol–water partition coefficient (Wildman–Crippen LogP) is 3.34. The molecule has 1 nitrogen and oxygen atoms in total. The first-order valence-electron chi connectivity index (χ1n) is 6.59. The first-order valence-corrected chi connectivity index (χ1v) is 6.59. The molecule has 0 radical (unpaired) electrons. The molecule has 0 saturated heterocycles. The molecule has 1 atom stereocenters. The molecule has 1 N–H and O–H groups in total. The molecule has 0 aliphatic heterocycles. The minimum Gasteiger partial charge on any atom is -0.314 e. The molecule has 0 aromatic rings. The van der Waals surface area contributed by atoms with Gasteiger partial charge in [0.05, 0.1) is 0 Å². The minimum atomic E-state index is 0.846. The summed E-state index contributed by atoms with van der Waals surface area (Å²) >= 11 is 0. The average molecular weight is 195 g/mol. The van der Waals surface area contributed by atoms with Crippen molar-refractivity contribution >= 4 is 0 Å². The van der Waals surface area contributed by atoms with E-state index in [9.17, 15) is 0 Å². The van der Waals surface area contributed by atoms with Crippen LogP contribution in [0.25, 0.3) is 0 Å². The first kappa shape index (κ1) is 10.5. The number of rotatable bonds is 4. The van der Waals surface area contributed by atoms with E-state index in [0.29, 0.717) is 0 Å². The third-order valence-electron chi connectivity index (χ3n) is 4.01. The second kappa shape index (κ2) is 5.16. The normalized spacial score (nSPS) is 27.2. The molecular weight excluding hydrogens is 170 g/mol. The summed E-state index contributed by atoms with van der Waals surface area (Å²) in [6.07, 6.45) is 11.7. The van der Waals surface area contributed by atoms with Crippen LogP contribution in [0.1, 0.15) is 58.3 Å². The maximum Gasteiger partial charge on any atom is 0.00671 e. The van der Waals surface area contributed by atoms with Gasteiger partial charge < -0.3 is 5.32 Å². The molecule has 1 heteroatoms. The molecule has 0 bridgehead atoms. The van der Waals surface area contributed by atoms with Crippen molar-refractivity contribution in [2.75, 3.05) is 6.54 Å². The summed E-state index contributed by atoms with van der Waals surface area (Å²) in [4.78, 5) is 0. The lowest BCUT2D eigenvalue weighted by atomic mass is 10.0. The van der Waals surface area contributed by atoms with Crippen LogP contribution in [-0.2, 0) is 0 Å². The van der Waals surface area contributed by atoms with Crippen LogP contribution in [0, 0.1) is 11.8 Å². The Morgan fingerprint density at radius 3 is 2.21 bits per heavy atom. The Balaban J connectivity index is 1.62. The van der Waals surface area contributed by atoms with Gasteiger partial charge in [-0.15, -0.1) is 0 Å². The van der Waals surface area contributed by atoms with Gasteiger partial charge in [-0.2, -0.15) is 0 Å². The molecule has 2 aliphatic rings. The van der Waals surface area contributed by atoms with Gasteiger partial charge in [-0.1, -0.05) is 32.6 Å². The molecule has 2 aliphatic carbocycles. The van der Waals surface area contributed by atoms with Gasteiger partial charge in [-0.25, -0.2) is 0 Å². The van der Waals surface area contributed by atoms with E-state index in [2.05, 4.69) is 12.2 Å². The summed E-state index contributed by atoms with van der Waals surface area (Å²) in [5.41, 5.74) is 0. The molecule has 2 rings (SSSR count). The molecule has 2 fully saturated rings. The highest BCUT2D eigenvalue weighted by Crippen LogP contribution is 2.36. The van der Waals surface area contributed by atoms with Crippen LogP contribution < -0.4 is 5.32 Å². The Morgan fingerprint density at radius 1 is 1.00 bits per heavy atom. The Labute approximate surface area is 88.7 Å². The fourth-order valence-electron chi connectivity index (χ4n) is 2.67. The molecule has 0 amide bonds. The highest BCUT2D eigenvalue weighted by molar-refractivity contribution is 4.81. The van der Waals surface area contributed by atoms with Crippen molar-refractivity contribution < 1.29 is 0 Å². The monoisotopic (exact) mass is 195 g/mol. The minimum absolute atomic E-state index is 0.846. The van der Waals surface area contributed by atoms with Gasteiger partial charge in [-0.3, -0.25) is 0 Å². The second-order valence-electron chi connectivity index (χ2n) is 5.41. The lowest BCUT2D eigenvalue weighted by Crippen LogP contribution is -2.32. The lowest BCUT2D eigenvalue weighted by molar-refractivity contribution is 0.391. The van der Waals surface area contributed by atoms with E-state index in [4.69, 9.17) is 0 Å². The molecule has 14 heavy (non-hydrogen) atoms. The van der Waals surface area contributed by atoms with E-state index in [1.807, 2.05) is 0 Å². The number of hydrogen-bond acceptors (Lipinski definition) is 1. The van der Waals surface area contributed by atoms with Crippen molar-refractivity contribution in [2.24, 2.45) is 11.8 Å². The fourth-order valence-corrected chi connectivity index (χ4v) is 2.67. The quantitative estimate of drug-likeness (QED) is 0.678. The van der Waals surface area contributed by atoms with Crippen LogP contribution in [0.2, 0.25) is 0 Å². The molecule has 0 aromatic carbocycles. The highest BCUT2D eigenvalue weighted by Gasteiger charge is 2.27. The van der Waals surface area contributed by atoms with Crippen molar-refractivity contribution in [3.8, 4) is 0 Å². The van der Waals surface area contributed by atoms with Gasteiger partial charge in [-0.05, 0) is 44.1 Å². The van der Waals surface area contributed by atoms with Crippen molar-refractivity contribution in [1.82, 2.24) is 5.32 Å². The fraction of sp³-hybridized carbons (Fsp3) is 1.00. The summed E-state index contributed by atoms with van der Waals surface area (Å²) < 4.78 is 0. The van der Waals surface area contributed by atoms with Crippen molar-refractivity contribution in [2.45, 2.75) is 64.3 Å². The zero-order chi connectivity index (χ0) is 9.80. The molecule has 0 heterocycles. The van der Waals surface area contributed by atoms with Crippen LogP contribution in [0.5, 0.6) is 0 Å². The smallest absolute Gasteiger partial charge is 0.00671 e.